The van der Waals surface area contributed by atoms with E-state index < -0.39 is 12.0 Å². The van der Waals surface area contributed by atoms with Crippen molar-refractivity contribution in [2.24, 2.45) is 5.92 Å². The van der Waals surface area contributed by atoms with Crippen molar-refractivity contribution in [3.8, 4) is 0 Å². The molecule has 2 aliphatic rings. The number of nitrogens with zero attached hydrogens (tertiary/aromatic N) is 1. The van der Waals surface area contributed by atoms with Gasteiger partial charge in [-0.2, -0.15) is 0 Å². The van der Waals surface area contributed by atoms with Crippen molar-refractivity contribution >= 4 is 23.5 Å². The Bertz CT molecular complexity index is 704. The normalized spacial score (nSPS) is 22.5. The molecule has 25 heavy (non-hydrogen) atoms. The lowest BCUT2D eigenvalue weighted by Crippen LogP contribution is -2.53. The van der Waals surface area contributed by atoms with E-state index in [2.05, 4.69) is 10.6 Å². The number of hydrogen-bond acceptors (Lipinski definition) is 4. The fraction of sp³-hybridized carbons (Fsp3) is 0.500. The lowest BCUT2D eigenvalue weighted by Gasteiger charge is -2.37. The average Bonchev–Trinajstić information content (AvgIpc) is 2.65. The van der Waals surface area contributed by atoms with Crippen LogP contribution in [-0.4, -0.2) is 54.0 Å². The number of piperidine rings is 1. The van der Waals surface area contributed by atoms with E-state index >= 15 is 0 Å². The van der Waals surface area contributed by atoms with Crippen LogP contribution >= 0.6 is 0 Å². The summed E-state index contributed by atoms with van der Waals surface area (Å²) in [6.45, 7) is 0.997. The van der Waals surface area contributed by atoms with Gasteiger partial charge in [-0.3, -0.25) is 9.59 Å². The highest BCUT2D eigenvalue weighted by Crippen LogP contribution is 2.29. The maximum Gasteiger partial charge on any atom is 0.326 e. The summed E-state index contributed by atoms with van der Waals surface area (Å²) in [5.41, 5.74) is 2.40. The second kappa shape index (κ2) is 7.13. The Balaban J connectivity index is 1.92. The number of carboxylic acid groups (broad SMARTS) is 1. The van der Waals surface area contributed by atoms with Gasteiger partial charge in [-0.05, 0) is 43.4 Å². The van der Waals surface area contributed by atoms with Gasteiger partial charge in [0.25, 0.3) is 5.91 Å². The van der Waals surface area contributed by atoms with Crippen molar-refractivity contribution in [3.63, 3.8) is 0 Å². The number of rotatable bonds is 3. The molecule has 2 atom stereocenters. The van der Waals surface area contributed by atoms with Crippen LogP contribution in [0, 0.1) is 5.92 Å². The number of likely N-dealkylation sites (tertiary alicyclic amines) is 1. The molecule has 7 nitrogen and oxygen atoms in total. The van der Waals surface area contributed by atoms with Crippen LogP contribution in [-0.2, 0) is 16.0 Å². The molecule has 3 rings (SSSR count). The van der Waals surface area contributed by atoms with Crippen molar-refractivity contribution in [3.05, 3.63) is 29.3 Å². The molecule has 1 fully saturated rings. The van der Waals surface area contributed by atoms with E-state index in [9.17, 15) is 19.5 Å². The van der Waals surface area contributed by atoms with Crippen LogP contribution in [0.4, 0.5) is 5.69 Å². The first-order valence-corrected chi connectivity index (χ1v) is 8.64. The number of carbonyl (C=O) groups is 3. The molecule has 7 heteroatoms. The molecule has 134 valence electrons. The number of fused-ring (bicyclic) bond motifs is 1. The molecule has 0 aliphatic carbocycles. The van der Waals surface area contributed by atoms with Gasteiger partial charge in [0.1, 0.15) is 6.04 Å². The summed E-state index contributed by atoms with van der Waals surface area (Å²) in [7, 11) is 1.55. The number of aliphatic carboxylic acids is 1. The van der Waals surface area contributed by atoms with Crippen molar-refractivity contribution in [2.45, 2.75) is 31.7 Å². The van der Waals surface area contributed by atoms with E-state index in [0.717, 1.165) is 30.6 Å². The zero-order chi connectivity index (χ0) is 18.0. The molecule has 2 amide bonds. The van der Waals surface area contributed by atoms with E-state index in [4.69, 9.17) is 0 Å². The van der Waals surface area contributed by atoms with Gasteiger partial charge in [0.2, 0.25) is 5.91 Å². The number of carboxylic acids is 1. The van der Waals surface area contributed by atoms with Crippen LogP contribution in [0.15, 0.2) is 18.2 Å². The molecule has 2 heterocycles. The lowest BCUT2D eigenvalue weighted by molar-refractivity contribution is -0.145. The zero-order valence-corrected chi connectivity index (χ0v) is 14.2. The van der Waals surface area contributed by atoms with E-state index in [-0.39, 0.29) is 30.7 Å². The highest BCUT2D eigenvalue weighted by Gasteiger charge is 2.39. The first-order valence-electron chi connectivity index (χ1n) is 8.64. The standard InChI is InChI=1S/C18H23N3O4/c1-19-16(22)11-7-8-15(18(24)25)21(10-11)17(23)13-4-2-6-14-12(13)5-3-9-20-14/h2,4,6,11,15,20H,3,5,7-10H2,1H3,(H,19,22)(H,24,25)/t11-,15-/m0/s1. The molecule has 1 aromatic rings. The second-order valence-corrected chi connectivity index (χ2v) is 6.56. The number of anilines is 1. The Hall–Kier alpha value is -2.57. The number of benzene rings is 1. The van der Waals surface area contributed by atoms with Gasteiger partial charge >= 0.3 is 5.97 Å². The average molecular weight is 345 g/mol. The maximum absolute atomic E-state index is 13.1. The van der Waals surface area contributed by atoms with Gasteiger partial charge in [-0.1, -0.05) is 6.07 Å². The largest absolute Gasteiger partial charge is 0.480 e. The fourth-order valence-electron chi connectivity index (χ4n) is 3.74. The molecule has 0 spiro atoms. The van der Waals surface area contributed by atoms with Gasteiger partial charge in [0, 0.05) is 31.4 Å². The number of nitrogens with one attached hydrogen (secondary N) is 2. The third-order valence-electron chi connectivity index (χ3n) is 5.07. The van der Waals surface area contributed by atoms with Crippen LogP contribution in [0.1, 0.15) is 35.2 Å². The highest BCUT2D eigenvalue weighted by atomic mass is 16.4. The molecule has 2 aliphatic heterocycles. The molecule has 3 N–H and O–H groups in total. The van der Waals surface area contributed by atoms with Crippen LogP contribution < -0.4 is 10.6 Å². The minimum Gasteiger partial charge on any atom is -0.480 e. The second-order valence-electron chi connectivity index (χ2n) is 6.56. The minimum atomic E-state index is -1.02. The summed E-state index contributed by atoms with van der Waals surface area (Å²) in [6.07, 6.45) is 2.47. The predicted molar refractivity (Wildman–Crippen MR) is 92.5 cm³/mol. The molecule has 0 radical (unpaired) electrons. The van der Waals surface area contributed by atoms with Crippen molar-refractivity contribution in [2.75, 3.05) is 25.5 Å². The van der Waals surface area contributed by atoms with E-state index in [1.165, 1.54) is 4.90 Å². The Labute approximate surface area is 146 Å². The van der Waals surface area contributed by atoms with Gasteiger partial charge in [0.05, 0.1) is 5.92 Å². The Morgan fingerprint density at radius 2 is 2.08 bits per heavy atom. The number of hydrogen-bond donors (Lipinski definition) is 3. The smallest absolute Gasteiger partial charge is 0.326 e. The van der Waals surface area contributed by atoms with E-state index in [1.54, 1.807) is 19.2 Å². The van der Waals surface area contributed by atoms with Crippen LogP contribution in [0.3, 0.4) is 0 Å². The summed E-state index contributed by atoms with van der Waals surface area (Å²) in [5.74, 6) is -1.85. The minimum absolute atomic E-state index is 0.132. The fourth-order valence-corrected chi connectivity index (χ4v) is 3.74. The molecule has 0 unspecified atom stereocenters. The molecule has 1 saturated heterocycles. The zero-order valence-electron chi connectivity index (χ0n) is 14.2. The number of amides is 2. The van der Waals surface area contributed by atoms with Crippen LogP contribution in [0.25, 0.3) is 0 Å². The van der Waals surface area contributed by atoms with Crippen molar-refractivity contribution in [1.29, 1.82) is 0 Å². The summed E-state index contributed by atoms with van der Waals surface area (Å²) in [6, 6.07) is 4.60. The summed E-state index contributed by atoms with van der Waals surface area (Å²) in [4.78, 5) is 38.1. The summed E-state index contributed by atoms with van der Waals surface area (Å²) in [5, 5.41) is 15.4. The molecule has 1 aromatic carbocycles. The third-order valence-corrected chi connectivity index (χ3v) is 5.07. The first-order chi connectivity index (χ1) is 12.0. The molecule has 0 bridgehead atoms. The van der Waals surface area contributed by atoms with Gasteiger partial charge in [0.15, 0.2) is 0 Å². The van der Waals surface area contributed by atoms with Crippen LogP contribution in [0.2, 0.25) is 0 Å². The Morgan fingerprint density at radius 3 is 2.80 bits per heavy atom. The quantitative estimate of drug-likeness (QED) is 0.762. The molecular formula is C18H23N3O4. The van der Waals surface area contributed by atoms with Gasteiger partial charge < -0.3 is 20.6 Å². The first kappa shape index (κ1) is 17.3. The van der Waals surface area contributed by atoms with Crippen molar-refractivity contribution in [1.82, 2.24) is 10.2 Å². The summed E-state index contributed by atoms with van der Waals surface area (Å²) >= 11 is 0. The lowest BCUT2D eigenvalue weighted by atomic mass is 9.90. The van der Waals surface area contributed by atoms with Crippen molar-refractivity contribution < 1.29 is 19.5 Å². The Kier molecular flexibility index (Phi) is 4.92. The van der Waals surface area contributed by atoms with Gasteiger partial charge in [-0.15, -0.1) is 0 Å². The predicted octanol–water partition coefficient (Wildman–Crippen LogP) is 1.10. The third kappa shape index (κ3) is 3.31. The SMILES string of the molecule is CNC(=O)[C@H]1CC[C@@H](C(=O)O)N(C(=O)c2cccc3c2CCCN3)C1. The Morgan fingerprint density at radius 1 is 1.28 bits per heavy atom. The van der Waals surface area contributed by atoms with E-state index in [1.807, 2.05) is 6.07 Å². The molecular weight excluding hydrogens is 322 g/mol. The number of carbonyl (C=O) groups excluding carboxylic acids is 2. The monoisotopic (exact) mass is 345 g/mol. The summed E-state index contributed by atoms with van der Waals surface area (Å²) < 4.78 is 0. The van der Waals surface area contributed by atoms with Crippen LogP contribution in [0.5, 0.6) is 0 Å². The molecule has 0 aromatic heterocycles. The highest BCUT2D eigenvalue weighted by molar-refractivity contribution is 5.99. The van der Waals surface area contributed by atoms with Gasteiger partial charge in [-0.25, -0.2) is 4.79 Å². The topological polar surface area (TPSA) is 98.7 Å². The van der Waals surface area contributed by atoms with E-state index in [0.29, 0.717) is 12.0 Å². The molecule has 0 saturated carbocycles. The maximum atomic E-state index is 13.1.